The molecule has 120 valence electrons. The number of nitrogens with zero attached hydrogens (tertiary/aromatic N) is 1. The van der Waals surface area contributed by atoms with Gasteiger partial charge in [0.25, 0.3) is 0 Å². The average molecular weight is 307 g/mol. The molecule has 0 aromatic heterocycles. The average Bonchev–Trinajstić information content (AvgIpc) is 2.48. The lowest BCUT2D eigenvalue weighted by molar-refractivity contribution is -0.142. The smallest absolute Gasteiger partial charge is 0.307 e. The molecule has 4 nitrogen and oxygen atoms in total. The standard InChI is InChI=1S/C17H22FNO3/c1-13(2)19(12-11-17(21)22-3)16(20)6-4-5-14-7-9-15(18)10-8-14/h4-5,7-10,13H,6,11-12H2,1-3H3/b5-4-. The molecule has 0 unspecified atom stereocenters. The van der Waals surface area contributed by atoms with Gasteiger partial charge in [0.2, 0.25) is 5.91 Å². The van der Waals surface area contributed by atoms with E-state index in [-0.39, 0.29) is 36.6 Å². The van der Waals surface area contributed by atoms with Crippen LogP contribution in [-0.2, 0) is 14.3 Å². The monoisotopic (exact) mass is 307 g/mol. The third-order valence-corrected chi connectivity index (χ3v) is 3.20. The number of hydrogen-bond acceptors (Lipinski definition) is 3. The van der Waals surface area contributed by atoms with Crippen LogP contribution in [0.5, 0.6) is 0 Å². The molecule has 0 saturated carbocycles. The number of halogens is 1. The highest BCUT2D eigenvalue weighted by Gasteiger charge is 2.16. The summed E-state index contributed by atoms with van der Waals surface area (Å²) in [6.07, 6.45) is 3.93. The van der Waals surface area contributed by atoms with Crippen LogP contribution in [0.2, 0.25) is 0 Å². The van der Waals surface area contributed by atoms with Crippen molar-refractivity contribution < 1.29 is 18.7 Å². The Hall–Kier alpha value is -2.17. The fourth-order valence-corrected chi connectivity index (χ4v) is 1.97. The summed E-state index contributed by atoms with van der Waals surface area (Å²) in [6.45, 7) is 4.14. The fourth-order valence-electron chi connectivity index (χ4n) is 1.97. The van der Waals surface area contributed by atoms with Gasteiger partial charge in [-0.05, 0) is 31.5 Å². The van der Waals surface area contributed by atoms with E-state index in [1.165, 1.54) is 19.2 Å². The number of methoxy groups -OCH3 is 1. The molecular formula is C17H22FNO3. The van der Waals surface area contributed by atoms with E-state index in [0.717, 1.165) is 5.56 Å². The van der Waals surface area contributed by atoms with Gasteiger partial charge >= 0.3 is 5.97 Å². The summed E-state index contributed by atoms with van der Waals surface area (Å²) in [5.41, 5.74) is 0.833. The van der Waals surface area contributed by atoms with Crippen LogP contribution in [0.25, 0.3) is 6.08 Å². The zero-order chi connectivity index (χ0) is 16.5. The van der Waals surface area contributed by atoms with Crippen molar-refractivity contribution >= 4 is 18.0 Å². The number of amides is 1. The molecule has 0 aliphatic carbocycles. The second-order valence-electron chi connectivity index (χ2n) is 5.17. The van der Waals surface area contributed by atoms with Gasteiger partial charge in [-0.25, -0.2) is 4.39 Å². The molecule has 1 amide bonds. The normalized spacial score (nSPS) is 11.0. The van der Waals surface area contributed by atoms with Crippen LogP contribution in [0.15, 0.2) is 30.3 Å². The highest BCUT2D eigenvalue weighted by molar-refractivity contribution is 5.79. The molecule has 22 heavy (non-hydrogen) atoms. The number of carbonyl (C=O) groups is 2. The van der Waals surface area contributed by atoms with Crippen molar-refractivity contribution in [1.82, 2.24) is 4.90 Å². The van der Waals surface area contributed by atoms with E-state index in [9.17, 15) is 14.0 Å². The van der Waals surface area contributed by atoms with Crippen molar-refractivity contribution in [3.05, 3.63) is 41.7 Å². The summed E-state index contributed by atoms with van der Waals surface area (Å²) in [4.78, 5) is 25.0. The van der Waals surface area contributed by atoms with Crippen LogP contribution in [0.3, 0.4) is 0 Å². The fraction of sp³-hybridized carbons (Fsp3) is 0.412. The Morgan fingerprint density at radius 1 is 1.27 bits per heavy atom. The molecule has 1 rings (SSSR count). The Kier molecular flexibility index (Phi) is 7.29. The van der Waals surface area contributed by atoms with Crippen molar-refractivity contribution in [3.8, 4) is 0 Å². The molecule has 0 heterocycles. The third kappa shape index (κ3) is 6.08. The van der Waals surface area contributed by atoms with Gasteiger partial charge in [0.05, 0.1) is 13.5 Å². The Bertz CT molecular complexity index is 523. The van der Waals surface area contributed by atoms with Crippen LogP contribution in [0, 0.1) is 5.82 Å². The Morgan fingerprint density at radius 3 is 2.45 bits per heavy atom. The third-order valence-electron chi connectivity index (χ3n) is 3.20. The molecular weight excluding hydrogens is 285 g/mol. The molecule has 5 heteroatoms. The van der Waals surface area contributed by atoms with Crippen LogP contribution in [0.1, 0.15) is 32.3 Å². The van der Waals surface area contributed by atoms with Crippen LogP contribution in [0.4, 0.5) is 4.39 Å². The maximum absolute atomic E-state index is 12.8. The summed E-state index contributed by atoms with van der Waals surface area (Å²) >= 11 is 0. The number of ether oxygens (including phenoxy) is 1. The number of rotatable bonds is 7. The highest BCUT2D eigenvalue weighted by atomic mass is 19.1. The van der Waals surface area contributed by atoms with Crippen molar-refractivity contribution in [3.63, 3.8) is 0 Å². The van der Waals surface area contributed by atoms with E-state index in [4.69, 9.17) is 0 Å². The van der Waals surface area contributed by atoms with Gasteiger partial charge in [0, 0.05) is 19.0 Å². The zero-order valence-corrected chi connectivity index (χ0v) is 13.2. The molecule has 0 atom stereocenters. The van der Waals surface area contributed by atoms with Gasteiger partial charge in [-0.3, -0.25) is 9.59 Å². The Morgan fingerprint density at radius 2 is 1.91 bits per heavy atom. The minimum Gasteiger partial charge on any atom is -0.469 e. The van der Waals surface area contributed by atoms with Crippen molar-refractivity contribution in [2.24, 2.45) is 0 Å². The molecule has 0 bridgehead atoms. The summed E-state index contributed by atoms with van der Waals surface area (Å²) in [5, 5.41) is 0. The molecule has 0 spiro atoms. The summed E-state index contributed by atoms with van der Waals surface area (Å²) in [6, 6.07) is 6.05. The molecule has 1 aromatic rings. The second kappa shape index (κ2) is 8.97. The maximum Gasteiger partial charge on any atom is 0.307 e. The van der Waals surface area contributed by atoms with Gasteiger partial charge in [-0.1, -0.05) is 24.3 Å². The lowest BCUT2D eigenvalue weighted by atomic mass is 10.2. The van der Waals surface area contributed by atoms with Crippen molar-refractivity contribution in [2.45, 2.75) is 32.7 Å². The summed E-state index contributed by atoms with van der Waals surface area (Å²) in [5.74, 6) is -0.681. The first kappa shape index (κ1) is 17.9. The second-order valence-corrected chi connectivity index (χ2v) is 5.17. The van der Waals surface area contributed by atoms with Gasteiger partial charge in [0.1, 0.15) is 5.82 Å². The SMILES string of the molecule is COC(=O)CCN(C(=O)C/C=C\c1ccc(F)cc1)C(C)C. The zero-order valence-electron chi connectivity index (χ0n) is 13.2. The molecule has 0 fully saturated rings. The van der Waals surface area contributed by atoms with E-state index in [1.807, 2.05) is 13.8 Å². The van der Waals surface area contributed by atoms with E-state index >= 15 is 0 Å². The predicted octanol–water partition coefficient (Wildman–Crippen LogP) is 3.03. The van der Waals surface area contributed by atoms with E-state index in [1.54, 1.807) is 29.2 Å². The van der Waals surface area contributed by atoms with Gasteiger partial charge in [-0.2, -0.15) is 0 Å². The van der Waals surface area contributed by atoms with Crippen LogP contribution >= 0.6 is 0 Å². The van der Waals surface area contributed by atoms with E-state index < -0.39 is 0 Å². The predicted molar refractivity (Wildman–Crippen MR) is 83.5 cm³/mol. The number of hydrogen-bond donors (Lipinski definition) is 0. The molecule has 1 aromatic carbocycles. The minimum absolute atomic E-state index is 0.0105. The number of benzene rings is 1. The van der Waals surface area contributed by atoms with E-state index in [2.05, 4.69) is 4.74 Å². The lowest BCUT2D eigenvalue weighted by Crippen LogP contribution is -2.38. The largest absolute Gasteiger partial charge is 0.469 e. The van der Waals surface area contributed by atoms with Gasteiger partial charge < -0.3 is 9.64 Å². The van der Waals surface area contributed by atoms with Crippen LogP contribution in [-0.4, -0.2) is 36.5 Å². The minimum atomic E-state index is -0.333. The van der Waals surface area contributed by atoms with Gasteiger partial charge in [0.15, 0.2) is 0 Å². The van der Waals surface area contributed by atoms with E-state index in [0.29, 0.717) is 6.54 Å². The summed E-state index contributed by atoms with van der Waals surface area (Å²) in [7, 11) is 1.33. The quantitative estimate of drug-likeness (QED) is 0.727. The first-order valence-corrected chi connectivity index (χ1v) is 7.22. The number of esters is 1. The van der Waals surface area contributed by atoms with Crippen molar-refractivity contribution in [1.29, 1.82) is 0 Å². The topological polar surface area (TPSA) is 46.6 Å². The highest BCUT2D eigenvalue weighted by Crippen LogP contribution is 2.08. The van der Waals surface area contributed by atoms with Gasteiger partial charge in [-0.15, -0.1) is 0 Å². The molecule has 0 aliphatic heterocycles. The number of carbonyl (C=O) groups excluding carboxylic acids is 2. The molecule has 0 radical (unpaired) electrons. The Labute approximate surface area is 130 Å². The first-order valence-electron chi connectivity index (χ1n) is 7.22. The summed E-state index contributed by atoms with van der Waals surface area (Å²) < 4.78 is 17.4. The molecule has 0 aliphatic rings. The van der Waals surface area contributed by atoms with Crippen LogP contribution < -0.4 is 0 Å². The maximum atomic E-state index is 12.8. The lowest BCUT2D eigenvalue weighted by Gasteiger charge is -2.26. The molecule has 0 N–H and O–H groups in total. The van der Waals surface area contributed by atoms with Crippen molar-refractivity contribution in [2.75, 3.05) is 13.7 Å². The first-order chi connectivity index (χ1) is 10.4. The Balaban J connectivity index is 2.55. The molecule has 0 saturated heterocycles.